The first-order valence-electron chi connectivity index (χ1n) is 5.60. The van der Waals surface area contributed by atoms with Gasteiger partial charge >= 0.3 is 10.4 Å². The predicted molar refractivity (Wildman–Crippen MR) is 61.3 cm³/mol. The summed E-state index contributed by atoms with van der Waals surface area (Å²) in [6, 6.07) is 0. The van der Waals surface area contributed by atoms with Gasteiger partial charge in [-0.25, -0.2) is 8.37 Å². The minimum Gasteiger partial charge on any atom is -0.395 e. The Balaban J connectivity index is 0.000000280. The first-order chi connectivity index (χ1) is 8.57. The van der Waals surface area contributed by atoms with Crippen LogP contribution in [0.2, 0.25) is 0 Å². The molecular weight excluding hydrogens is 266 g/mol. The highest BCUT2D eigenvalue weighted by Gasteiger charge is 2.29. The van der Waals surface area contributed by atoms with E-state index >= 15 is 0 Å². The third kappa shape index (κ3) is 8.75. The number of hydrogen-bond donors (Lipinski definition) is 2. The van der Waals surface area contributed by atoms with Crippen LogP contribution in [0.25, 0.3) is 0 Å². The summed E-state index contributed by atoms with van der Waals surface area (Å²) in [7, 11) is -2.05. The molecule has 2 heterocycles. The molecule has 2 unspecified atom stereocenters. The van der Waals surface area contributed by atoms with Crippen molar-refractivity contribution < 1.29 is 31.4 Å². The Kier molecular flexibility index (Phi) is 7.00. The summed E-state index contributed by atoms with van der Waals surface area (Å²) in [5.74, 6) is 0. The van der Waals surface area contributed by atoms with Crippen LogP contribution in [-0.4, -0.2) is 72.4 Å². The standard InChI is InChI=1S/C6H10O6S.C3H9NO/c7-13(8,11-3-5-1-9-5)12-4-6-2-10-6;1-4-2-3-5/h5-6H,1-4H2;4-5H,2-3H2,1H3. The molecule has 0 aromatic rings. The Morgan fingerprint density at radius 3 is 1.89 bits per heavy atom. The van der Waals surface area contributed by atoms with Gasteiger partial charge < -0.3 is 19.9 Å². The van der Waals surface area contributed by atoms with E-state index in [1.54, 1.807) is 7.05 Å². The molecule has 0 saturated carbocycles. The number of nitrogens with one attached hydrogen (secondary N) is 1. The lowest BCUT2D eigenvalue weighted by Gasteiger charge is -2.02. The van der Waals surface area contributed by atoms with Crippen LogP contribution in [0.3, 0.4) is 0 Å². The van der Waals surface area contributed by atoms with Crippen LogP contribution in [0.1, 0.15) is 0 Å². The predicted octanol–water partition coefficient (Wildman–Crippen LogP) is -1.74. The molecule has 2 atom stereocenters. The molecule has 2 fully saturated rings. The number of likely N-dealkylation sites (N-methyl/N-ethyl adjacent to an activating group) is 1. The number of rotatable bonds is 8. The Morgan fingerprint density at radius 1 is 1.22 bits per heavy atom. The lowest BCUT2D eigenvalue weighted by Crippen LogP contribution is -2.16. The zero-order chi connectivity index (χ0) is 13.4. The van der Waals surface area contributed by atoms with Crippen molar-refractivity contribution in [3.05, 3.63) is 0 Å². The maximum absolute atomic E-state index is 10.9. The maximum Gasteiger partial charge on any atom is 0.400 e. The SMILES string of the molecule is CNCCO.O=S(=O)(OCC1CO1)OCC1CO1. The highest BCUT2D eigenvalue weighted by atomic mass is 32.3. The molecule has 8 nitrogen and oxygen atoms in total. The van der Waals surface area contributed by atoms with Gasteiger partial charge in [-0.2, -0.15) is 8.42 Å². The van der Waals surface area contributed by atoms with Crippen LogP contribution in [0, 0.1) is 0 Å². The van der Waals surface area contributed by atoms with Gasteiger partial charge in [0.05, 0.1) is 33.0 Å². The molecule has 2 aliphatic heterocycles. The molecule has 2 aliphatic rings. The van der Waals surface area contributed by atoms with Crippen molar-refractivity contribution in [1.29, 1.82) is 0 Å². The maximum atomic E-state index is 10.9. The van der Waals surface area contributed by atoms with Gasteiger partial charge in [0.2, 0.25) is 0 Å². The van der Waals surface area contributed by atoms with Crippen LogP contribution >= 0.6 is 0 Å². The fraction of sp³-hybridized carbons (Fsp3) is 1.00. The first-order valence-corrected chi connectivity index (χ1v) is 6.93. The lowest BCUT2D eigenvalue weighted by atomic mass is 10.5. The number of aliphatic hydroxyl groups excluding tert-OH is 1. The zero-order valence-corrected chi connectivity index (χ0v) is 11.0. The van der Waals surface area contributed by atoms with E-state index in [0.717, 1.165) is 0 Å². The van der Waals surface area contributed by atoms with E-state index in [9.17, 15) is 8.42 Å². The second kappa shape index (κ2) is 8.00. The summed E-state index contributed by atoms with van der Waals surface area (Å²) in [4.78, 5) is 0. The fourth-order valence-corrected chi connectivity index (χ4v) is 1.50. The average molecular weight is 285 g/mol. The van der Waals surface area contributed by atoms with E-state index in [1.807, 2.05) is 0 Å². The van der Waals surface area contributed by atoms with Crippen molar-refractivity contribution in [1.82, 2.24) is 5.32 Å². The molecule has 2 saturated heterocycles. The highest BCUT2D eigenvalue weighted by Crippen LogP contribution is 2.13. The van der Waals surface area contributed by atoms with Crippen molar-refractivity contribution in [2.24, 2.45) is 0 Å². The minimum atomic E-state index is -3.85. The second-order valence-electron chi connectivity index (χ2n) is 3.72. The number of ether oxygens (including phenoxy) is 2. The van der Waals surface area contributed by atoms with E-state index < -0.39 is 10.4 Å². The van der Waals surface area contributed by atoms with E-state index in [-0.39, 0.29) is 32.0 Å². The van der Waals surface area contributed by atoms with Crippen LogP contribution in [-0.2, 0) is 28.2 Å². The zero-order valence-electron chi connectivity index (χ0n) is 10.2. The molecule has 18 heavy (non-hydrogen) atoms. The molecule has 2 N–H and O–H groups in total. The Bertz CT molecular complexity index is 289. The van der Waals surface area contributed by atoms with Crippen molar-refractivity contribution >= 4 is 10.4 Å². The largest absolute Gasteiger partial charge is 0.400 e. The van der Waals surface area contributed by atoms with Gasteiger partial charge in [0, 0.05) is 6.54 Å². The Labute approximate surface area is 106 Å². The minimum absolute atomic E-state index is 0.0356. The van der Waals surface area contributed by atoms with Gasteiger partial charge in [-0.15, -0.1) is 0 Å². The van der Waals surface area contributed by atoms with Gasteiger partial charge in [0.25, 0.3) is 0 Å². The van der Waals surface area contributed by atoms with Crippen molar-refractivity contribution in [2.45, 2.75) is 12.2 Å². The summed E-state index contributed by atoms with van der Waals surface area (Å²) < 4.78 is 40.4. The van der Waals surface area contributed by atoms with Gasteiger partial charge in [-0.3, -0.25) is 0 Å². The third-order valence-corrected chi connectivity index (χ3v) is 2.81. The Morgan fingerprint density at radius 2 is 1.67 bits per heavy atom. The molecule has 0 aromatic heterocycles. The van der Waals surface area contributed by atoms with E-state index in [1.165, 1.54) is 0 Å². The quantitative estimate of drug-likeness (QED) is 0.506. The molecule has 2 rings (SSSR count). The molecule has 0 aliphatic carbocycles. The van der Waals surface area contributed by atoms with E-state index in [0.29, 0.717) is 19.8 Å². The monoisotopic (exact) mass is 285 g/mol. The summed E-state index contributed by atoms with van der Waals surface area (Å²) in [6.07, 6.45) is -0.175. The van der Waals surface area contributed by atoms with E-state index in [2.05, 4.69) is 13.7 Å². The molecule has 108 valence electrons. The molecule has 0 spiro atoms. The van der Waals surface area contributed by atoms with Crippen molar-refractivity contribution in [3.8, 4) is 0 Å². The van der Waals surface area contributed by atoms with Gasteiger partial charge in [0.15, 0.2) is 0 Å². The summed E-state index contributed by atoms with van der Waals surface area (Å²) in [5, 5.41) is 10.8. The third-order valence-electron chi connectivity index (χ3n) is 1.96. The lowest BCUT2D eigenvalue weighted by molar-refractivity contribution is 0.186. The average Bonchev–Trinajstić information content (AvgIpc) is 3.18. The number of epoxide rings is 2. The molecular formula is C9H19NO7S. The van der Waals surface area contributed by atoms with Crippen molar-refractivity contribution in [2.75, 3.05) is 46.6 Å². The van der Waals surface area contributed by atoms with Crippen LogP contribution < -0.4 is 5.32 Å². The normalized spacial score (nSPS) is 25.2. The van der Waals surface area contributed by atoms with Crippen LogP contribution in [0.4, 0.5) is 0 Å². The second-order valence-corrected chi connectivity index (χ2v) is 5.00. The topological polar surface area (TPSA) is 110 Å². The molecule has 0 bridgehead atoms. The summed E-state index contributed by atoms with van der Waals surface area (Å²) >= 11 is 0. The Hall–Kier alpha value is -0.290. The van der Waals surface area contributed by atoms with E-state index in [4.69, 9.17) is 14.6 Å². The summed E-state index contributed by atoms with van der Waals surface area (Å²) in [5.41, 5.74) is 0. The van der Waals surface area contributed by atoms with Gasteiger partial charge in [0.1, 0.15) is 12.2 Å². The smallest absolute Gasteiger partial charge is 0.395 e. The molecule has 0 amide bonds. The molecule has 0 aromatic carbocycles. The van der Waals surface area contributed by atoms with Crippen molar-refractivity contribution in [3.63, 3.8) is 0 Å². The van der Waals surface area contributed by atoms with Crippen LogP contribution in [0.15, 0.2) is 0 Å². The number of hydrogen-bond acceptors (Lipinski definition) is 8. The van der Waals surface area contributed by atoms with Gasteiger partial charge in [-0.05, 0) is 7.05 Å². The fourth-order valence-electron chi connectivity index (χ4n) is 0.793. The number of aliphatic hydroxyl groups is 1. The first kappa shape index (κ1) is 15.8. The highest BCUT2D eigenvalue weighted by molar-refractivity contribution is 7.81. The molecule has 0 radical (unpaired) electrons. The molecule has 9 heteroatoms. The van der Waals surface area contributed by atoms with Gasteiger partial charge in [-0.1, -0.05) is 0 Å². The van der Waals surface area contributed by atoms with Crippen LogP contribution in [0.5, 0.6) is 0 Å². The summed E-state index contributed by atoms with van der Waals surface area (Å²) in [6.45, 7) is 2.11.